The molecule has 1 aromatic heterocycles. The highest BCUT2D eigenvalue weighted by Crippen LogP contribution is 2.20. The minimum absolute atomic E-state index is 0.457. The average Bonchev–Trinajstić information content (AvgIpc) is 2.47. The smallest absolute Gasteiger partial charge is 0.187 e. The molecule has 6 heteroatoms. The molecule has 0 N–H and O–H groups in total. The van der Waals surface area contributed by atoms with Crippen LogP contribution in [-0.2, 0) is 4.74 Å². The third kappa shape index (κ3) is 2.30. The van der Waals surface area contributed by atoms with E-state index in [0.717, 1.165) is 24.1 Å². The molecule has 0 aromatic carbocycles. The van der Waals surface area contributed by atoms with Crippen molar-refractivity contribution in [2.24, 2.45) is 0 Å². The minimum Gasteiger partial charge on any atom is -0.383 e. The van der Waals surface area contributed by atoms with Crippen molar-refractivity contribution < 1.29 is 4.74 Å². The summed E-state index contributed by atoms with van der Waals surface area (Å²) >= 11 is 6.88. The van der Waals surface area contributed by atoms with Gasteiger partial charge in [0.1, 0.15) is 0 Å². The van der Waals surface area contributed by atoms with Gasteiger partial charge >= 0.3 is 0 Å². The van der Waals surface area contributed by atoms with Crippen LogP contribution in [0.4, 0.5) is 5.82 Å². The summed E-state index contributed by atoms with van der Waals surface area (Å²) in [5.41, 5.74) is 0. The fraction of sp³-hybridized carbons (Fsp3) is 0.667. The summed E-state index contributed by atoms with van der Waals surface area (Å²) in [7, 11) is 3.57. The van der Waals surface area contributed by atoms with Gasteiger partial charge in [0.15, 0.2) is 11.0 Å². The van der Waals surface area contributed by atoms with Crippen LogP contribution in [0.2, 0.25) is 5.15 Å². The predicted molar refractivity (Wildman–Crippen MR) is 50.1 cm³/mol. The number of likely N-dealkylation sites (N-methyl/N-ethyl adjacent to an activating group) is 1. The molecule has 0 radical (unpaired) electrons. The van der Waals surface area contributed by atoms with Gasteiger partial charge in [0.2, 0.25) is 0 Å². The van der Waals surface area contributed by atoms with Crippen molar-refractivity contribution in [3.05, 3.63) is 5.15 Å². The van der Waals surface area contributed by atoms with E-state index in [9.17, 15) is 0 Å². The van der Waals surface area contributed by atoms with E-state index in [1.165, 1.54) is 0 Å². The van der Waals surface area contributed by atoms with Crippen LogP contribution < -0.4 is 4.90 Å². The molecule has 0 amide bonds. The minimum atomic E-state index is 0.457. The molecule has 0 aliphatic heterocycles. The Kier molecular flexibility index (Phi) is 3.71. The van der Waals surface area contributed by atoms with E-state index in [0.29, 0.717) is 11.8 Å². The van der Waals surface area contributed by atoms with Gasteiger partial charge in [-0.3, -0.25) is 0 Å². The molecule has 12 heavy (non-hydrogen) atoms. The first-order chi connectivity index (χ1) is 5.75. The molecule has 0 aliphatic carbocycles. The molecule has 1 aromatic rings. The van der Waals surface area contributed by atoms with Crippen LogP contribution in [0.5, 0.6) is 0 Å². The standard InChI is InChI=1S/C6H10ClN3OS/c1-10(3-4-11-2)6-5(7)8-12-9-6/h3-4H2,1-2H3. The molecule has 68 valence electrons. The monoisotopic (exact) mass is 207 g/mol. The molecule has 0 spiro atoms. The number of hydrogen-bond acceptors (Lipinski definition) is 5. The topological polar surface area (TPSA) is 38.2 Å². The van der Waals surface area contributed by atoms with E-state index < -0.39 is 0 Å². The average molecular weight is 208 g/mol. The lowest BCUT2D eigenvalue weighted by Gasteiger charge is -2.14. The Hall–Kier alpha value is -0.390. The molecule has 0 fully saturated rings. The fourth-order valence-corrected chi connectivity index (χ4v) is 1.56. The molecule has 0 atom stereocenters. The summed E-state index contributed by atoms with van der Waals surface area (Å²) in [5, 5.41) is 0.457. The highest BCUT2D eigenvalue weighted by Gasteiger charge is 2.09. The van der Waals surface area contributed by atoms with E-state index in [1.807, 2.05) is 11.9 Å². The molecule has 1 rings (SSSR count). The molecule has 0 aliphatic rings. The van der Waals surface area contributed by atoms with Crippen molar-refractivity contribution in [2.45, 2.75) is 0 Å². The molecule has 0 unspecified atom stereocenters. The van der Waals surface area contributed by atoms with Crippen molar-refractivity contribution in [2.75, 3.05) is 32.2 Å². The second-order valence-corrected chi connectivity index (χ2v) is 3.18. The van der Waals surface area contributed by atoms with Gasteiger partial charge in [-0.05, 0) is 0 Å². The van der Waals surface area contributed by atoms with Gasteiger partial charge in [-0.1, -0.05) is 11.6 Å². The Balaban J connectivity index is 2.52. The second kappa shape index (κ2) is 4.59. The van der Waals surface area contributed by atoms with E-state index >= 15 is 0 Å². The highest BCUT2D eigenvalue weighted by atomic mass is 35.5. The first-order valence-electron chi connectivity index (χ1n) is 3.44. The quantitative estimate of drug-likeness (QED) is 0.746. The zero-order valence-electron chi connectivity index (χ0n) is 6.95. The maximum atomic E-state index is 5.77. The molecule has 0 saturated carbocycles. The number of rotatable bonds is 4. The van der Waals surface area contributed by atoms with Gasteiger partial charge in [0.25, 0.3) is 0 Å². The lowest BCUT2D eigenvalue weighted by Crippen LogP contribution is -2.22. The molecule has 0 saturated heterocycles. The molecular weight excluding hydrogens is 198 g/mol. The number of anilines is 1. The first-order valence-corrected chi connectivity index (χ1v) is 4.54. The predicted octanol–water partition coefficient (Wildman–Crippen LogP) is 1.27. The Bertz CT molecular complexity index is 242. The van der Waals surface area contributed by atoms with Crippen molar-refractivity contribution in [3.8, 4) is 0 Å². The highest BCUT2D eigenvalue weighted by molar-refractivity contribution is 6.99. The third-order valence-corrected chi connectivity index (χ3v) is 2.30. The van der Waals surface area contributed by atoms with E-state index in [1.54, 1.807) is 7.11 Å². The SMILES string of the molecule is COCCN(C)c1nsnc1Cl. The van der Waals surface area contributed by atoms with Crippen molar-refractivity contribution in [1.29, 1.82) is 0 Å². The fourth-order valence-electron chi connectivity index (χ4n) is 0.735. The van der Waals surface area contributed by atoms with Gasteiger partial charge in [-0.25, -0.2) is 0 Å². The van der Waals surface area contributed by atoms with Crippen LogP contribution in [0.1, 0.15) is 0 Å². The number of ether oxygens (including phenoxy) is 1. The Morgan fingerprint density at radius 2 is 2.33 bits per heavy atom. The third-order valence-electron chi connectivity index (χ3n) is 1.43. The van der Waals surface area contributed by atoms with E-state index in [4.69, 9.17) is 16.3 Å². The molecular formula is C6H10ClN3OS. The zero-order valence-corrected chi connectivity index (χ0v) is 8.52. The summed E-state index contributed by atoms with van der Waals surface area (Å²) < 4.78 is 12.8. The Labute approximate surface area is 80.4 Å². The van der Waals surface area contributed by atoms with Crippen LogP contribution in [0.25, 0.3) is 0 Å². The zero-order chi connectivity index (χ0) is 8.97. The van der Waals surface area contributed by atoms with Crippen molar-refractivity contribution in [3.63, 3.8) is 0 Å². The largest absolute Gasteiger partial charge is 0.383 e. The van der Waals surface area contributed by atoms with Gasteiger partial charge in [-0.15, -0.1) is 0 Å². The Morgan fingerprint density at radius 3 is 2.83 bits per heavy atom. The summed E-state index contributed by atoms with van der Waals surface area (Å²) in [4.78, 5) is 1.91. The van der Waals surface area contributed by atoms with Gasteiger partial charge in [0, 0.05) is 20.7 Å². The molecule has 4 nitrogen and oxygen atoms in total. The van der Waals surface area contributed by atoms with E-state index in [-0.39, 0.29) is 0 Å². The van der Waals surface area contributed by atoms with Gasteiger partial charge in [0.05, 0.1) is 18.3 Å². The number of hydrogen-bond donors (Lipinski definition) is 0. The van der Waals surface area contributed by atoms with Crippen LogP contribution in [0.3, 0.4) is 0 Å². The molecule has 0 bridgehead atoms. The summed E-state index contributed by atoms with van der Waals surface area (Å²) in [5.74, 6) is 0.721. The number of aromatic nitrogens is 2. The van der Waals surface area contributed by atoms with Crippen molar-refractivity contribution in [1.82, 2.24) is 8.75 Å². The lowest BCUT2D eigenvalue weighted by atomic mass is 10.5. The summed E-state index contributed by atoms with van der Waals surface area (Å²) in [6, 6.07) is 0. The van der Waals surface area contributed by atoms with Gasteiger partial charge < -0.3 is 9.64 Å². The molecule has 1 heterocycles. The summed E-state index contributed by atoms with van der Waals surface area (Å²) in [6.07, 6.45) is 0. The van der Waals surface area contributed by atoms with Crippen LogP contribution in [-0.4, -0.2) is 36.1 Å². The van der Waals surface area contributed by atoms with Crippen LogP contribution >= 0.6 is 23.3 Å². The number of nitrogens with zero attached hydrogens (tertiary/aromatic N) is 3. The first kappa shape index (κ1) is 9.70. The summed E-state index contributed by atoms with van der Waals surface area (Å²) in [6.45, 7) is 1.42. The normalized spacial score (nSPS) is 10.2. The van der Waals surface area contributed by atoms with Crippen molar-refractivity contribution >= 4 is 29.1 Å². The maximum Gasteiger partial charge on any atom is 0.187 e. The maximum absolute atomic E-state index is 5.77. The van der Waals surface area contributed by atoms with Gasteiger partial charge in [-0.2, -0.15) is 8.75 Å². The number of methoxy groups -OCH3 is 1. The van der Waals surface area contributed by atoms with Crippen LogP contribution in [0.15, 0.2) is 0 Å². The second-order valence-electron chi connectivity index (χ2n) is 2.29. The number of halogens is 1. The van der Waals surface area contributed by atoms with E-state index in [2.05, 4.69) is 8.75 Å². The Morgan fingerprint density at radius 1 is 1.58 bits per heavy atom. The van der Waals surface area contributed by atoms with Crippen LogP contribution in [0, 0.1) is 0 Å². The lowest BCUT2D eigenvalue weighted by molar-refractivity contribution is 0.206.